The van der Waals surface area contributed by atoms with Crippen LogP contribution in [0.4, 0.5) is 10.5 Å². The fourth-order valence-corrected chi connectivity index (χ4v) is 5.40. The van der Waals surface area contributed by atoms with Gasteiger partial charge < -0.3 is 15.0 Å². The van der Waals surface area contributed by atoms with E-state index in [9.17, 15) is 13.2 Å². The lowest BCUT2D eigenvalue weighted by Crippen LogP contribution is -2.53. The number of anilines is 1. The fourth-order valence-electron chi connectivity index (χ4n) is 4.83. The topological polar surface area (TPSA) is 91.0 Å². The summed E-state index contributed by atoms with van der Waals surface area (Å²) in [4.78, 5) is 17.4. The quantitative estimate of drug-likeness (QED) is 0.371. The van der Waals surface area contributed by atoms with Gasteiger partial charge in [-0.25, -0.2) is 13.2 Å². The fraction of sp³-hybridized carbons (Fsp3) is 0.536. The van der Waals surface area contributed by atoms with Gasteiger partial charge in [-0.3, -0.25) is 9.62 Å². The largest absolute Gasteiger partial charge is 0.457 e. The Bertz CT molecular complexity index is 1120. The number of benzene rings is 2. The number of rotatable bonds is 11. The number of piperidine rings is 1. The molecule has 1 aliphatic carbocycles. The van der Waals surface area contributed by atoms with Crippen molar-refractivity contribution in [3.8, 4) is 11.5 Å². The van der Waals surface area contributed by atoms with Gasteiger partial charge in [0, 0.05) is 44.0 Å². The van der Waals surface area contributed by atoms with Crippen molar-refractivity contribution in [2.75, 3.05) is 30.6 Å². The molecule has 1 saturated carbocycles. The number of unbranched alkanes of at least 4 members (excludes halogenated alkanes) is 1. The number of nitrogens with zero attached hydrogens (tertiary/aromatic N) is 2. The van der Waals surface area contributed by atoms with Crippen LogP contribution in [0.5, 0.6) is 11.5 Å². The van der Waals surface area contributed by atoms with Crippen LogP contribution in [0, 0.1) is 0 Å². The number of nitrogens with one attached hydrogen (secondary N) is 2. The zero-order valence-corrected chi connectivity index (χ0v) is 24.0. The number of carbonyl (C=O) groups excluding carboxylic acids is 1. The van der Waals surface area contributed by atoms with E-state index in [1.54, 1.807) is 24.3 Å². The molecule has 210 valence electrons. The molecule has 2 N–H and O–H groups in total. The number of urea groups is 1. The Morgan fingerprint density at radius 1 is 1.00 bits per heavy atom. The molecular weight excluding hydrogens is 524 g/mol. The van der Waals surface area contributed by atoms with Crippen LogP contribution < -0.4 is 14.8 Å². The van der Waals surface area contributed by atoms with Crippen molar-refractivity contribution >= 4 is 34.1 Å². The molecule has 2 aliphatic rings. The summed E-state index contributed by atoms with van der Waals surface area (Å²) < 4.78 is 31.0. The summed E-state index contributed by atoms with van der Waals surface area (Å²) in [6.07, 6.45) is 8.79. The first-order valence-corrected chi connectivity index (χ1v) is 15.3. The summed E-state index contributed by atoms with van der Waals surface area (Å²) in [5.41, 5.74) is 1.72. The maximum absolute atomic E-state index is 12.9. The van der Waals surface area contributed by atoms with Crippen LogP contribution in [-0.2, 0) is 16.6 Å². The van der Waals surface area contributed by atoms with Crippen LogP contribution in [0.1, 0.15) is 57.4 Å². The second-order valence-corrected chi connectivity index (χ2v) is 12.0. The molecule has 38 heavy (non-hydrogen) atoms. The van der Waals surface area contributed by atoms with Crippen molar-refractivity contribution in [1.29, 1.82) is 0 Å². The normalized spacial score (nSPS) is 16.7. The smallest absolute Gasteiger partial charge is 0.317 e. The molecule has 4 rings (SSSR count). The molecule has 0 radical (unpaired) electrons. The molecule has 0 spiro atoms. The third-order valence-corrected chi connectivity index (χ3v) is 7.77. The van der Waals surface area contributed by atoms with Crippen molar-refractivity contribution < 1.29 is 17.9 Å². The van der Waals surface area contributed by atoms with Gasteiger partial charge in [0.25, 0.3) is 0 Å². The van der Waals surface area contributed by atoms with Gasteiger partial charge in [-0.1, -0.05) is 25.5 Å². The van der Waals surface area contributed by atoms with E-state index in [4.69, 9.17) is 4.74 Å². The first-order valence-electron chi connectivity index (χ1n) is 13.4. The molecule has 0 bridgehead atoms. The Morgan fingerprint density at radius 3 is 2.13 bits per heavy atom. The average molecular weight is 565 g/mol. The first kappa shape index (κ1) is 30.1. The van der Waals surface area contributed by atoms with Crippen LogP contribution in [0.2, 0.25) is 0 Å². The van der Waals surface area contributed by atoms with E-state index in [1.165, 1.54) is 12.0 Å². The van der Waals surface area contributed by atoms with Crippen molar-refractivity contribution in [2.24, 2.45) is 0 Å². The van der Waals surface area contributed by atoms with Crippen molar-refractivity contribution in [1.82, 2.24) is 15.1 Å². The summed E-state index contributed by atoms with van der Waals surface area (Å²) in [7, 11) is -3.30. The number of hydrogen-bond acceptors (Lipinski definition) is 5. The predicted molar refractivity (Wildman–Crippen MR) is 155 cm³/mol. The maximum atomic E-state index is 12.9. The third-order valence-electron chi connectivity index (χ3n) is 7.17. The molecule has 0 unspecified atom stereocenters. The second-order valence-electron chi connectivity index (χ2n) is 10.3. The highest BCUT2D eigenvalue weighted by molar-refractivity contribution is 7.92. The molecule has 1 heterocycles. The molecule has 10 heteroatoms. The SMILES string of the molecule is CCCCN(C(=O)NC1CCN(Cc2ccc(Oc3ccc(NS(C)(=O)=O)cc3)cc2)CC1)C1CCC1.Cl. The molecule has 1 saturated heterocycles. The molecule has 0 aromatic heterocycles. The lowest BCUT2D eigenvalue weighted by Gasteiger charge is -2.39. The minimum atomic E-state index is -3.30. The monoisotopic (exact) mass is 564 g/mol. The van der Waals surface area contributed by atoms with E-state index in [2.05, 4.69) is 38.9 Å². The Labute approximate surface area is 233 Å². The van der Waals surface area contributed by atoms with Gasteiger partial charge in [0.1, 0.15) is 11.5 Å². The standard InChI is InChI=1S/C28H40N4O4S.ClH/c1-3-4-18-32(25-6-5-7-25)28(33)29-23-16-19-31(20-17-23)21-22-8-12-26(13-9-22)36-27-14-10-24(11-15-27)30-37(2,34)35;/h8-15,23,25,30H,3-7,16-21H2,1-2H3,(H,29,33);1H. The van der Waals surface area contributed by atoms with Crippen molar-refractivity contribution in [2.45, 2.75) is 70.5 Å². The Hall–Kier alpha value is -2.49. The molecular formula is C28H41ClN4O4S. The molecule has 8 nitrogen and oxygen atoms in total. The summed E-state index contributed by atoms with van der Waals surface area (Å²) >= 11 is 0. The second kappa shape index (κ2) is 14.1. The van der Waals surface area contributed by atoms with Crippen LogP contribution in [0.25, 0.3) is 0 Å². The number of ether oxygens (including phenoxy) is 1. The molecule has 0 atom stereocenters. The highest BCUT2D eigenvalue weighted by Gasteiger charge is 2.30. The Morgan fingerprint density at radius 2 is 1.61 bits per heavy atom. The van der Waals surface area contributed by atoms with Gasteiger partial charge in [0.15, 0.2) is 0 Å². The summed E-state index contributed by atoms with van der Waals surface area (Å²) in [5, 5.41) is 3.32. The molecule has 2 fully saturated rings. The van der Waals surface area contributed by atoms with Crippen LogP contribution in [0.3, 0.4) is 0 Å². The van der Waals surface area contributed by atoms with Crippen molar-refractivity contribution in [3.05, 3.63) is 54.1 Å². The van der Waals surface area contributed by atoms with E-state index in [0.717, 1.165) is 76.7 Å². The summed E-state index contributed by atoms with van der Waals surface area (Å²) in [6, 6.07) is 15.7. The van der Waals surface area contributed by atoms with E-state index < -0.39 is 10.0 Å². The zero-order valence-electron chi connectivity index (χ0n) is 22.4. The van der Waals surface area contributed by atoms with E-state index in [1.807, 2.05) is 12.1 Å². The van der Waals surface area contributed by atoms with Crippen LogP contribution in [-0.4, -0.2) is 62.2 Å². The Kier molecular flexibility index (Phi) is 11.1. The van der Waals surface area contributed by atoms with Gasteiger partial charge in [-0.15, -0.1) is 12.4 Å². The number of sulfonamides is 1. The summed E-state index contributed by atoms with van der Waals surface area (Å²) in [6.45, 7) is 5.86. The van der Waals surface area contributed by atoms with Gasteiger partial charge >= 0.3 is 6.03 Å². The van der Waals surface area contributed by atoms with Gasteiger partial charge in [0.05, 0.1) is 6.26 Å². The number of halogens is 1. The Balaban J connectivity index is 0.00000400. The highest BCUT2D eigenvalue weighted by atomic mass is 35.5. The zero-order chi connectivity index (χ0) is 26.3. The number of amides is 2. The number of likely N-dealkylation sites (tertiary alicyclic amines) is 1. The van der Waals surface area contributed by atoms with Gasteiger partial charge in [-0.2, -0.15) is 0 Å². The minimum Gasteiger partial charge on any atom is -0.457 e. The number of hydrogen-bond donors (Lipinski definition) is 2. The minimum absolute atomic E-state index is 0. The molecule has 2 aromatic carbocycles. The average Bonchev–Trinajstić information content (AvgIpc) is 2.83. The highest BCUT2D eigenvalue weighted by Crippen LogP contribution is 2.26. The number of carbonyl (C=O) groups is 1. The van der Waals surface area contributed by atoms with E-state index in [-0.39, 0.29) is 24.5 Å². The maximum Gasteiger partial charge on any atom is 0.317 e. The molecule has 2 aromatic rings. The molecule has 2 amide bonds. The van der Waals surface area contributed by atoms with Crippen LogP contribution in [0.15, 0.2) is 48.5 Å². The van der Waals surface area contributed by atoms with E-state index in [0.29, 0.717) is 17.5 Å². The third kappa shape index (κ3) is 9.06. The summed E-state index contributed by atoms with van der Waals surface area (Å²) in [5.74, 6) is 1.37. The lowest BCUT2D eigenvalue weighted by atomic mass is 9.91. The van der Waals surface area contributed by atoms with E-state index >= 15 is 0 Å². The van der Waals surface area contributed by atoms with Gasteiger partial charge in [0.2, 0.25) is 10.0 Å². The van der Waals surface area contributed by atoms with Crippen LogP contribution >= 0.6 is 12.4 Å². The van der Waals surface area contributed by atoms with Gasteiger partial charge in [-0.05, 0) is 80.5 Å². The predicted octanol–water partition coefficient (Wildman–Crippen LogP) is 5.60. The first-order chi connectivity index (χ1) is 17.8. The lowest BCUT2D eigenvalue weighted by molar-refractivity contribution is 0.127. The van der Waals surface area contributed by atoms with Crippen molar-refractivity contribution in [3.63, 3.8) is 0 Å². The molecule has 1 aliphatic heterocycles.